The summed E-state index contributed by atoms with van der Waals surface area (Å²) in [6.07, 6.45) is 3.47. The Bertz CT molecular complexity index is 432. The Morgan fingerprint density at radius 1 is 1.13 bits per heavy atom. The van der Waals surface area contributed by atoms with E-state index >= 15 is 0 Å². The van der Waals surface area contributed by atoms with Gasteiger partial charge < -0.3 is 5.11 Å². The van der Waals surface area contributed by atoms with E-state index < -0.39 is 0 Å². The second-order valence-electron chi connectivity index (χ2n) is 2.88. The Hall–Kier alpha value is -1.00. The number of para-hydroxylation sites is 1. The highest BCUT2D eigenvalue weighted by molar-refractivity contribution is 9.10. The number of pyridine rings is 1. The van der Waals surface area contributed by atoms with Crippen LogP contribution in [0.15, 0.2) is 57.0 Å². The van der Waals surface area contributed by atoms with Crippen molar-refractivity contribution in [2.45, 2.75) is 9.79 Å². The monoisotopic (exact) mass is 281 g/mol. The number of phenolic OH excluding ortho intramolecular Hbond substituents is 1. The fourth-order valence-corrected chi connectivity index (χ4v) is 2.44. The number of nitrogens with zero attached hydrogens (tertiary/aromatic N) is 1. The lowest BCUT2D eigenvalue weighted by atomic mass is 10.3. The van der Waals surface area contributed by atoms with Crippen LogP contribution in [0, 0.1) is 0 Å². The summed E-state index contributed by atoms with van der Waals surface area (Å²) < 4.78 is 0.929. The third-order valence-electron chi connectivity index (χ3n) is 1.82. The van der Waals surface area contributed by atoms with Crippen molar-refractivity contribution < 1.29 is 5.11 Å². The Balaban J connectivity index is 2.30. The second kappa shape index (κ2) is 4.68. The van der Waals surface area contributed by atoms with Crippen LogP contribution in [0.3, 0.4) is 0 Å². The van der Waals surface area contributed by atoms with E-state index in [-0.39, 0.29) is 0 Å². The van der Waals surface area contributed by atoms with Gasteiger partial charge in [0.05, 0.1) is 4.90 Å². The van der Waals surface area contributed by atoms with Crippen LogP contribution in [0.5, 0.6) is 5.75 Å². The van der Waals surface area contributed by atoms with Crippen LogP contribution < -0.4 is 0 Å². The molecule has 0 unspecified atom stereocenters. The van der Waals surface area contributed by atoms with E-state index in [0.29, 0.717) is 5.75 Å². The van der Waals surface area contributed by atoms with E-state index in [1.165, 1.54) is 11.8 Å². The number of phenols is 1. The third kappa shape index (κ3) is 2.52. The molecule has 0 atom stereocenters. The molecule has 0 aliphatic rings. The van der Waals surface area contributed by atoms with Crippen LogP contribution in [0.1, 0.15) is 0 Å². The van der Waals surface area contributed by atoms with Crippen LogP contribution in [0.2, 0.25) is 0 Å². The van der Waals surface area contributed by atoms with Crippen LogP contribution in [-0.2, 0) is 0 Å². The minimum atomic E-state index is 0.297. The third-order valence-corrected chi connectivity index (χ3v) is 3.86. The van der Waals surface area contributed by atoms with E-state index in [2.05, 4.69) is 20.9 Å². The predicted molar refractivity (Wildman–Crippen MR) is 64.2 cm³/mol. The van der Waals surface area contributed by atoms with Crippen LogP contribution >= 0.6 is 27.7 Å². The minimum Gasteiger partial charge on any atom is -0.507 e. The van der Waals surface area contributed by atoms with Crippen molar-refractivity contribution in [3.8, 4) is 5.75 Å². The molecule has 0 fully saturated rings. The minimum absolute atomic E-state index is 0.297. The Morgan fingerprint density at radius 2 is 1.93 bits per heavy atom. The van der Waals surface area contributed by atoms with Gasteiger partial charge in [0.1, 0.15) is 5.75 Å². The van der Waals surface area contributed by atoms with Gasteiger partial charge in [0, 0.05) is 21.8 Å². The summed E-state index contributed by atoms with van der Waals surface area (Å²) in [7, 11) is 0. The molecule has 2 nitrogen and oxygen atoms in total. The lowest BCUT2D eigenvalue weighted by Gasteiger charge is -2.04. The van der Waals surface area contributed by atoms with E-state index in [1.807, 2.05) is 18.2 Å². The maximum Gasteiger partial charge on any atom is 0.129 e. The summed E-state index contributed by atoms with van der Waals surface area (Å²) in [5.74, 6) is 0.297. The molecule has 0 bridgehead atoms. The van der Waals surface area contributed by atoms with Crippen molar-refractivity contribution >= 4 is 27.7 Å². The number of hydrogen-bond donors (Lipinski definition) is 1. The van der Waals surface area contributed by atoms with Crippen molar-refractivity contribution in [3.63, 3.8) is 0 Å². The number of halogens is 1. The highest BCUT2D eigenvalue weighted by Gasteiger charge is 2.04. The lowest BCUT2D eigenvalue weighted by Crippen LogP contribution is -1.78. The predicted octanol–water partition coefficient (Wildman–Crippen LogP) is 3.70. The molecule has 2 rings (SSSR count). The van der Waals surface area contributed by atoms with Gasteiger partial charge in [0.25, 0.3) is 0 Å². The Kier molecular flexibility index (Phi) is 3.28. The molecule has 1 aromatic heterocycles. The summed E-state index contributed by atoms with van der Waals surface area (Å²) in [4.78, 5) is 5.86. The van der Waals surface area contributed by atoms with Gasteiger partial charge in [-0.3, -0.25) is 4.98 Å². The molecular weight excluding hydrogens is 274 g/mol. The maximum absolute atomic E-state index is 9.61. The van der Waals surface area contributed by atoms with Crippen LogP contribution in [0.25, 0.3) is 0 Å². The smallest absolute Gasteiger partial charge is 0.129 e. The zero-order chi connectivity index (χ0) is 10.7. The zero-order valence-electron chi connectivity index (χ0n) is 7.72. The molecule has 1 aromatic carbocycles. The van der Waals surface area contributed by atoms with Gasteiger partial charge in [-0.1, -0.05) is 23.9 Å². The van der Waals surface area contributed by atoms with Gasteiger partial charge in [-0.2, -0.15) is 0 Å². The summed E-state index contributed by atoms with van der Waals surface area (Å²) >= 11 is 4.92. The molecule has 0 saturated carbocycles. The molecule has 15 heavy (non-hydrogen) atoms. The van der Waals surface area contributed by atoms with Crippen molar-refractivity contribution in [3.05, 3.63) is 47.2 Å². The molecule has 0 aliphatic carbocycles. The average molecular weight is 282 g/mol. The second-order valence-corrected chi connectivity index (χ2v) is 4.81. The SMILES string of the molecule is Oc1ccccc1Sc1ccncc1Br. The first-order chi connectivity index (χ1) is 7.27. The van der Waals surface area contributed by atoms with Crippen molar-refractivity contribution in [1.82, 2.24) is 4.98 Å². The highest BCUT2D eigenvalue weighted by Crippen LogP contribution is 2.36. The molecule has 4 heteroatoms. The standard InChI is InChI=1S/C11H8BrNOS/c12-8-7-13-6-5-10(8)15-11-4-2-1-3-9(11)14/h1-7,14H. The average Bonchev–Trinajstić information content (AvgIpc) is 2.24. The first-order valence-electron chi connectivity index (χ1n) is 4.33. The van der Waals surface area contributed by atoms with E-state index in [0.717, 1.165) is 14.3 Å². The van der Waals surface area contributed by atoms with Crippen molar-refractivity contribution in [2.24, 2.45) is 0 Å². The zero-order valence-corrected chi connectivity index (χ0v) is 10.1. The molecule has 0 saturated heterocycles. The molecule has 1 heterocycles. The van der Waals surface area contributed by atoms with Crippen molar-refractivity contribution in [2.75, 3.05) is 0 Å². The number of benzene rings is 1. The molecule has 0 spiro atoms. The first-order valence-corrected chi connectivity index (χ1v) is 5.93. The molecule has 0 amide bonds. The molecule has 0 radical (unpaired) electrons. The van der Waals surface area contributed by atoms with Gasteiger partial charge in [-0.25, -0.2) is 0 Å². The summed E-state index contributed by atoms with van der Waals surface area (Å²) in [5, 5.41) is 9.61. The Morgan fingerprint density at radius 3 is 2.67 bits per heavy atom. The highest BCUT2D eigenvalue weighted by atomic mass is 79.9. The largest absolute Gasteiger partial charge is 0.507 e. The molecule has 1 N–H and O–H groups in total. The normalized spacial score (nSPS) is 10.2. The number of hydrogen-bond acceptors (Lipinski definition) is 3. The fraction of sp³-hybridized carbons (Fsp3) is 0. The van der Waals surface area contributed by atoms with Gasteiger partial charge in [0.2, 0.25) is 0 Å². The lowest BCUT2D eigenvalue weighted by molar-refractivity contribution is 0.462. The van der Waals surface area contributed by atoms with Crippen LogP contribution in [0.4, 0.5) is 0 Å². The quantitative estimate of drug-likeness (QED) is 0.911. The maximum atomic E-state index is 9.61. The Labute approximate surface area is 100 Å². The first kappa shape index (κ1) is 10.5. The molecule has 76 valence electrons. The van der Waals surface area contributed by atoms with E-state index in [9.17, 15) is 5.11 Å². The summed E-state index contributed by atoms with van der Waals surface area (Å²) in [5.41, 5.74) is 0. The van der Waals surface area contributed by atoms with E-state index in [4.69, 9.17) is 0 Å². The molecule has 0 aliphatic heterocycles. The van der Waals surface area contributed by atoms with Gasteiger partial charge in [-0.15, -0.1) is 0 Å². The fourth-order valence-electron chi connectivity index (χ4n) is 1.11. The van der Waals surface area contributed by atoms with Crippen LogP contribution in [-0.4, -0.2) is 10.1 Å². The van der Waals surface area contributed by atoms with E-state index in [1.54, 1.807) is 24.5 Å². The molecule has 2 aromatic rings. The van der Waals surface area contributed by atoms with Gasteiger partial charge >= 0.3 is 0 Å². The summed E-state index contributed by atoms with van der Waals surface area (Å²) in [6, 6.07) is 9.17. The summed E-state index contributed by atoms with van der Waals surface area (Å²) in [6.45, 7) is 0. The van der Waals surface area contributed by atoms with Gasteiger partial charge in [-0.05, 0) is 34.1 Å². The number of aromatic hydroxyl groups is 1. The topological polar surface area (TPSA) is 33.1 Å². The van der Waals surface area contributed by atoms with Gasteiger partial charge in [0.15, 0.2) is 0 Å². The number of rotatable bonds is 2. The van der Waals surface area contributed by atoms with Crippen molar-refractivity contribution in [1.29, 1.82) is 0 Å². The number of aromatic nitrogens is 1. The molecular formula is C11H8BrNOS.